The topological polar surface area (TPSA) is 29.3 Å². The number of imidazole rings is 1. The van der Waals surface area contributed by atoms with E-state index < -0.39 is 0 Å². The van der Waals surface area contributed by atoms with Gasteiger partial charge >= 0.3 is 0 Å². The molecular formula is C13H14ClN3S2. The van der Waals surface area contributed by atoms with Crippen LogP contribution in [0.5, 0.6) is 0 Å². The highest BCUT2D eigenvalue weighted by Crippen LogP contribution is 2.22. The fourth-order valence-electron chi connectivity index (χ4n) is 2.07. The second-order valence-corrected chi connectivity index (χ2v) is 7.46. The summed E-state index contributed by atoms with van der Waals surface area (Å²) in [6.45, 7) is 5.83. The van der Waals surface area contributed by atoms with Gasteiger partial charge in [-0.3, -0.25) is 4.40 Å². The Bertz CT molecular complexity index is 711. The van der Waals surface area contributed by atoms with Crippen molar-refractivity contribution < 1.29 is 0 Å². The fraction of sp³-hybridized carbons (Fsp3) is 0.308. The maximum Gasteiger partial charge on any atom is 0.194 e. The lowest BCUT2D eigenvalue weighted by Crippen LogP contribution is -2.13. The number of fused-ring (bicyclic) bond motifs is 1. The van der Waals surface area contributed by atoms with Crippen LogP contribution in [0.4, 0.5) is 0 Å². The third-order valence-electron chi connectivity index (χ3n) is 2.96. The van der Waals surface area contributed by atoms with Gasteiger partial charge in [-0.2, -0.15) is 0 Å². The third kappa shape index (κ3) is 2.69. The van der Waals surface area contributed by atoms with Gasteiger partial charge in [0.15, 0.2) is 4.96 Å². The van der Waals surface area contributed by atoms with Crippen LogP contribution in [-0.2, 0) is 13.1 Å². The maximum atomic E-state index is 5.92. The zero-order valence-electron chi connectivity index (χ0n) is 10.7. The van der Waals surface area contributed by atoms with E-state index in [0.717, 1.165) is 28.1 Å². The summed E-state index contributed by atoms with van der Waals surface area (Å²) >= 11 is 9.27. The SMILES string of the molecule is Cc1cn2c(CNCc3ccc(Cl)s3)c(C)nc2s1. The molecule has 3 aromatic heterocycles. The van der Waals surface area contributed by atoms with E-state index in [2.05, 4.69) is 40.8 Å². The first-order valence-electron chi connectivity index (χ1n) is 6.02. The van der Waals surface area contributed by atoms with Crippen molar-refractivity contribution >= 4 is 39.2 Å². The van der Waals surface area contributed by atoms with Crippen molar-refractivity contribution in [2.45, 2.75) is 26.9 Å². The smallest absolute Gasteiger partial charge is 0.194 e. The standard InChI is InChI=1S/C13H14ClN3S2/c1-8-7-17-11(9(2)16-13(17)18-8)6-15-5-10-3-4-12(14)19-10/h3-4,7,15H,5-6H2,1-2H3. The molecule has 0 amide bonds. The minimum atomic E-state index is 0.818. The fourth-order valence-corrected chi connectivity index (χ4v) is 4.02. The highest BCUT2D eigenvalue weighted by Gasteiger charge is 2.10. The molecule has 1 N–H and O–H groups in total. The van der Waals surface area contributed by atoms with E-state index in [1.807, 2.05) is 6.07 Å². The van der Waals surface area contributed by atoms with Crippen molar-refractivity contribution in [3.05, 3.63) is 43.8 Å². The Hall–Kier alpha value is -0.880. The molecule has 0 aliphatic carbocycles. The van der Waals surface area contributed by atoms with Gasteiger partial charge in [0.25, 0.3) is 0 Å². The van der Waals surface area contributed by atoms with Crippen molar-refractivity contribution in [3.8, 4) is 0 Å². The molecule has 0 saturated carbocycles. The summed E-state index contributed by atoms with van der Waals surface area (Å²) in [5.74, 6) is 0. The molecule has 3 heterocycles. The quantitative estimate of drug-likeness (QED) is 0.788. The molecule has 3 rings (SSSR count). The third-order valence-corrected chi connectivity index (χ3v) is 5.09. The van der Waals surface area contributed by atoms with Gasteiger partial charge in [-0.25, -0.2) is 4.98 Å². The van der Waals surface area contributed by atoms with Crippen LogP contribution in [0.15, 0.2) is 18.3 Å². The molecule has 6 heteroatoms. The van der Waals surface area contributed by atoms with Gasteiger partial charge in [-0.05, 0) is 26.0 Å². The van der Waals surface area contributed by atoms with Crippen LogP contribution in [0.2, 0.25) is 4.34 Å². The molecule has 0 atom stereocenters. The van der Waals surface area contributed by atoms with Crippen molar-refractivity contribution in [2.24, 2.45) is 0 Å². The summed E-state index contributed by atoms with van der Waals surface area (Å²) in [5.41, 5.74) is 2.34. The average molecular weight is 312 g/mol. The van der Waals surface area contributed by atoms with Crippen molar-refractivity contribution in [2.75, 3.05) is 0 Å². The van der Waals surface area contributed by atoms with Crippen LogP contribution in [0, 0.1) is 13.8 Å². The van der Waals surface area contributed by atoms with Gasteiger partial charge in [0.1, 0.15) is 0 Å². The van der Waals surface area contributed by atoms with Crippen molar-refractivity contribution in [3.63, 3.8) is 0 Å². The predicted molar refractivity (Wildman–Crippen MR) is 82.4 cm³/mol. The number of hydrogen-bond acceptors (Lipinski definition) is 4. The molecule has 0 saturated heterocycles. The molecule has 100 valence electrons. The number of rotatable bonds is 4. The molecule has 0 bridgehead atoms. The van der Waals surface area contributed by atoms with Gasteiger partial charge in [-0.1, -0.05) is 11.6 Å². The Labute approximate surface area is 124 Å². The molecule has 0 spiro atoms. The number of thiophene rings is 1. The summed E-state index contributed by atoms with van der Waals surface area (Å²) < 4.78 is 3.03. The second kappa shape index (κ2) is 5.25. The maximum absolute atomic E-state index is 5.92. The minimum Gasteiger partial charge on any atom is -0.306 e. The normalized spacial score (nSPS) is 11.5. The van der Waals surface area contributed by atoms with Gasteiger partial charge in [0.05, 0.1) is 15.7 Å². The number of halogens is 1. The summed E-state index contributed by atoms with van der Waals surface area (Å²) in [6, 6.07) is 4.00. The molecule has 0 aliphatic heterocycles. The molecule has 3 aromatic rings. The molecule has 0 radical (unpaired) electrons. The number of aromatic nitrogens is 2. The zero-order chi connectivity index (χ0) is 13.4. The molecular weight excluding hydrogens is 298 g/mol. The Morgan fingerprint density at radius 2 is 2.11 bits per heavy atom. The lowest BCUT2D eigenvalue weighted by molar-refractivity contribution is 0.679. The molecule has 19 heavy (non-hydrogen) atoms. The van der Waals surface area contributed by atoms with E-state index in [1.54, 1.807) is 22.7 Å². The minimum absolute atomic E-state index is 0.818. The summed E-state index contributed by atoms with van der Waals surface area (Å²) in [4.78, 5) is 8.20. The molecule has 0 unspecified atom stereocenters. The highest BCUT2D eigenvalue weighted by atomic mass is 35.5. The van der Waals surface area contributed by atoms with Crippen LogP contribution in [0.1, 0.15) is 21.1 Å². The molecule has 3 nitrogen and oxygen atoms in total. The number of hydrogen-bond donors (Lipinski definition) is 1. The van der Waals surface area contributed by atoms with E-state index in [4.69, 9.17) is 11.6 Å². The predicted octanol–water partition coefficient (Wildman–Crippen LogP) is 4.02. The summed E-state index contributed by atoms with van der Waals surface area (Å²) in [6.07, 6.45) is 2.15. The Morgan fingerprint density at radius 1 is 1.26 bits per heavy atom. The number of nitrogens with zero attached hydrogens (tertiary/aromatic N) is 2. The average Bonchev–Trinajstić information content (AvgIpc) is 2.97. The Morgan fingerprint density at radius 3 is 2.84 bits per heavy atom. The molecule has 0 aromatic carbocycles. The van der Waals surface area contributed by atoms with Gasteiger partial charge in [-0.15, -0.1) is 22.7 Å². The van der Waals surface area contributed by atoms with Gasteiger partial charge < -0.3 is 5.32 Å². The second-order valence-electron chi connectivity index (χ2n) is 4.45. The van der Waals surface area contributed by atoms with Crippen LogP contribution in [0.25, 0.3) is 4.96 Å². The van der Waals surface area contributed by atoms with E-state index in [-0.39, 0.29) is 0 Å². The number of nitrogens with one attached hydrogen (secondary N) is 1. The molecule has 0 aliphatic rings. The molecule has 0 fully saturated rings. The first-order valence-corrected chi connectivity index (χ1v) is 8.03. The van der Waals surface area contributed by atoms with Crippen molar-refractivity contribution in [1.29, 1.82) is 0 Å². The van der Waals surface area contributed by atoms with Crippen LogP contribution >= 0.6 is 34.3 Å². The van der Waals surface area contributed by atoms with E-state index >= 15 is 0 Å². The lowest BCUT2D eigenvalue weighted by atomic mass is 10.3. The monoisotopic (exact) mass is 311 g/mol. The van der Waals surface area contributed by atoms with Crippen LogP contribution < -0.4 is 5.32 Å². The van der Waals surface area contributed by atoms with E-state index in [9.17, 15) is 0 Å². The van der Waals surface area contributed by atoms with Gasteiger partial charge in [0, 0.05) is 29.0 Å². The largest absolute Gasteiger partial charge is 0.306 e. The van der Waals surface area contributed by atoms with E-state index in [1.165, 1.54) is 15.4 Å². The van der Waals surface area contributed by atoms with Crippen LogP contribution in [0.3, 0.4) is 0 Å². The lowest BCUT2D eigenvalue weighted by Gasteiger charge is -2.03. The zero-order valence-corrected chi connectivity index (χ0v) is 13.1. The number of aryl methyl sites for hydroxylation is 2. The Kier molecular flexibility index (Phi) is 3.62. The van der Waals surface area contributed by atoms with Crippen LogP contribution in [-0.4, -0.2) is 9.38 Å². The summed E-state index contributed by atoms with van der Waals surface area (Å²) in [7, 11) is 0. The highest BCUT2D eigenvalue weighted by molar-refractivity contribution is 7.17. The Balaban J connectivity index is 1.72. The van der Waals surface area contributed by atoms with Crippen molar-refractivity contribution in [1.82, 2.24) is 14.7 Å². The first kappa shape index (κ1) is 13.1. The number of thiazole rings is 1. The van der Waals surface area contributed by atoms with Gasteiger partial charge in [0.2, 0.25) is 0 Å². The first-order chi connectivity index (χ1) is 9.13. The summed E-state index contributed by atoms with van der Waals surface area (Å²) in [5, 5.41) is 3.46. The van der Waals surface area contributed by atoms with E-state index in [0.29, 0.717) is 0 Å².